The van der Waals surface area contributed by atoms with Crippen molar-refractivity contribution in [1.29, 1.82) is 0 Å². The number of amides is 1. The average molecular weight is 502 g/mol. The van der Waals surface area contributed by atoms with Crippen LogP contribution in [0, 0.1) is 0 Å². The lowest BCUT2D eigenvalue weighted by Gasteiger charge is -2.35. The number of guanidine groups is 1. The number of nitrogens with one attached hydrogen (secondary N) is 2. The normalized spacial score (nSPS) is 17.0. The maximum Gasteiger partial charge on any atom is 0.414 e. The molecule has 2 rings (SSSR count). The first-order valence-corrected chi connectivity index (χ1v) is 12.3. The molecule has 9 heteroatoms. The number of benzene rings is 1. The summed E-state index contributed by atoms with van der Waals surface area (Å²) in [5.41, 5.74) is -0.228. The molecule has 0 radical (unpaired) electrons. The van der Waals surface area contributed by atoms with Gasteiger partial charge in [-0.05, 0) is 64.7 Å². The summed E-state index contributed by atoms with van der Waals surface area (Å²) in [5, 5.41) is 6.11. The number of methoxy groups -OCH3 is 1. The number of fused-ring (bicyclic) bond motifs is 1. The van der Waals surface area contributed by atoms with Gasteiger partial charge in [0, 0.05) is 23.9 Å². The summed E-state index contributed by atoms with van der Waals surface area (Å²) < 4.78 is 16.1. The maximum absolute atomic E-state index is 12.7. The fourth-order valence-corrected chi connectivity index (χ4v) is 4.03. The lowest BCUT2D eigenvalue weighted by Crippen LogP contribution is -2.54. The second kappa shape index (κ2) is 13.1. The van der Waals surface area contributed by atoms with Crippen LogP contribution in [0.3, 0.4) is 0 Å². The van der Waals surface area contributed by atoms with Gasteiger partial charge in [0.15, 0.2) is 0 Å². The number of aliphatic imine (C=N–C) groups is 1. The Morgan fingerprint density at radius 2 is 2.06 bits per heavy atom. The Bertz CT molecular complexity index is 969. The number of aldehydes is 1. The zero-order valence-electron chi connectivity index (χ0n) is 22.0. The first-order valence-electron chi connectivity index (χ1n) is 12.3. The van der Waals surface area contributed by atoms with Crippen molar-refractivity contribution in [2.75, 3.05) is 13.7 Å². The largest absolute Gasteiger partial charge is 0.493 e. The number of carbonyl (C=O) groups is 3. The number of unbranched alkanes of at least 4 members (excludes halogenated alkanes) is 1. The molecule has 2 atom stereocenters. The molecule has 0 saturated carbocycles. The summed E-state index contributed by atoms with van der Waals surface area (Å²) in [6.07, 6.45) is 5.77. The molecular formula is C27H39N3O6. The van der Waals surface area contributed by atoms with E-state index in [1.165, 1.54) is 7.11 Å². The zero-order chi connectivity index (χ0) is 26.8. The van der Waals surface area contributed by atoms with E-state index in [0.717, 1.165) is 19.1 Å². The number of ether oxygens (including phenoxy) is 3. The number of rotatable bonds is 10. The van der Waals surface area contributed by atoms with Gasteiger partial charge in [-0.25, -0.2) is 14.6 Å². The SMILES string of the molecule is C=CCCC[C@@](CC)(CC=O)NC(=N[C@@H]1CCOc2ccc(C(=O)OC)cc21)NC(=O)OC(C)(C)C. The van der Waals surface area contributed by atoms with Gasteiger partial charge in [0.05, 0.1) is 25.3 Å². The third-order valence-electron chi connectivity index (χ3n) is 5.94. The van der Waals surface area contributed by atoms with Gasteiger partial charge in [-0.3, -0.25) is 5.32 Å². The Hall–Kier alpha value is -3.36. The fourth-order valence-electron chi connectivity index (χ4n) is 4.03. The van der Waals surface area contributed by atoms with E-state index in [-0.39, 0.29) is 12.4 Å². The molecule has 0 fully saturated rings. The topological polar surface area (TPSA) is 115 Å². The molecule has 0 spiro atoms. The summed E-state index contributed by atoms with van der Waals surface area (Å²) in [5.74, 6) is 0.349. The second-order valence-electron chi connectivity index (χ2n) is 9.81. The van der Waals surface area contributed by atoms with Crippen LogP contribution in [0.4, 0.5) is 4.79 Å². The van der Waals surface area contributed by atoms with E-state index in [1.54, 1.807) is 39.0 Å². The monoisotopic (exact) mass is 501 g/mol. The molecule has 0 aromatic heterocycles. The van der Waals surface area contributed by atoms with Crippen molar-refractivity contribution in [1.82, 2.24) is 10.6 Å². The van der Waals surface area contributed by atoms with Gasteiger partial charge in [-0.2, -0.15) is 0 Å². The first-order chi connectivity index (χ1) is 17.1. The molecule has 1 aromatic rings. The van der Waals surface area contributed by atoms with Crippen molar-refractivity contribution in [2.45, 2.75) is 83.4 Å². The Labute approximate surface area is 213 Å². The number of allylic oxidation sites excluding steroid dienone is 1. The molecule has 198 valence electrons. The average Bonchev–Trinajstić information content (AvgIpc) is 2.82. The summed E-state index contributed by atoms with van der Waals surface area (Å²) in [7, 11) is 1.32. The number of esters is 1. The smallest absolute Gasteiger partial charge is 0.414 e. The van der Waals surface area contributed by atoms with Gasteiger partial charge in [0.25, 0.3) is 0 Å². The molecule has 1 amide bonds. The number of nitrogens with zero attached hydrogens (tertiary/aromatic N) is 1. The first kappa shape index (κ1) is 28.9. The minimum Gasteiger partial charge on any atom is -0.493 e. The fraction of sp³-hybridized carbons (Fsp3) is 0.556. The van der Waals surface area contributed by atoms with Gasteiger partial charge in [-0.1, -0.05) is 13.0 Å². The predicted octanol–water partition coefficient (Wildman–Crippen LogP) is 4.86. The predicted molar refractivity (Wildman–Crippen MR) is 138 cm³/mol. The van der Waals surface area contributed by atoms with E-state index in [4.69, 9.17) is 19.2 Å². The third-order valence-corrected chi connectivity index (χ3v) is 5.94. The van der Waals surface area contributed by atoms with Crippen LogP contribution < -0.4 is 15.4 Å². The molecule has 1 heterocycles. The highest BCUT2D eigenvalue weighted by atomic mass is 16.6. The Balaban J connectivity index is 2.48. The van der Waals surface area contributed by atoms with Gasteiger partial charge < -0.3 is 24.3 Å². The van der Waals surface area contributed by atoms with Gasteiger partial charge in [-0.15, -0.1) is 6.58 Å². The van der Waals surface area contributed by atoms with Gasteiger partial charge >= 0.3 is 12.1 Å². The van der Waals surface area contributed by atoms with E-state index in [1.807, 2.05) is 13.0 Å². The van der Waals surface area contributed by atoms with Crippen molar-refractivity contribution in [3.8, 4) is 5.75 Å². The zero-order valence-corrected chi connectivity index (χ0v) is 22.0. The summed E-state index contributed by atoms with van der Waals surface area (Å²) in [6.45, 7) is 11.5. The number of alkyl carbamates (subject to hydrolysis) is 1. The van der Waals surface area contributed by atoms with E-state index in [9.17, 15) is 14.4 Å². The van der Waals surface area contributed by atoms with E-state index in [0.29, 0.717) is 42.7 Å². The molecule has 1 aromatic carbocycles. The molecule has 36 heavy (non-hydrogen) atoms. The minimum absolute atomic E-state index is 0.202. The summed E-state index contributed by atoms with van der Waals surface area (Å²) >= 11 is 0. The number of hydrogen-bond acceptors (Lipinski definition) is 7. The van der Waals surface area contributed by atoms with Crippen molar-refractivity contribution < 1.29 is 28.6 Å². The highest BCUT2D eigenvalue weighted by molar-refractivity contribution is 5.95. The van der Waals surface area contributed by atoms with Gasteiger partial charge in [0.2, 0.25) is 5.96 Å². The van der Waals surface area contributed by atoms with Crippen LogP contribution >= 0.6 is 0 Å². The molecule has 0 unspecified atom stereocenters. The summed E-state index contributed by atoms with van der Waals surface area (Å²) in [4.78, 5) is 41.3. The maximum atomic E-state index is 12.7. The molecule has 1 aliphatic rings. The highest BCUT2D eigenvalue weighted by Crippen LogP contribution is 2.35. The Morgan fingerprint density at radius 3 is 2.67 bits per heavy atom. The van der Waals surface area contributed by atoms with Crippen molar-refractivity contribution in [2.24, 2.45) is 4.99 Å². The van der Waals surface area contributed by atoms with Crippen LogP contribution in [-0.2, 0) is 14.3 Å². The Kier molecular flexibility index (Phi) is 10.5. The number of hydrogen-bond donors (Lipinski definition) is 2. The molecule has 1 aliphatic heterocycles. The standard InChI is InChI=1S/C27H39N3O6/c1-7-9-10-14-27(8-2,15-16-31)30-24(29-25(33)36-26(3,4)5)28-21-13-17-35-22-12-11-19(18-20(21)22)23(32)34-6/h7,11-12,16,18,21H,1,8-10,13-15,17H2,2-6H3,(H2,28,29,30,33)/t21-,27+/m1/s1. The van der Waals surface area contributed by atoms with Crippen LogP contribution in [0.1, 0.15) is 88.2 Å². The minimum atomic E-state index is -0.704. The van der Waals surface area contributed by atoms with Gasteiger partial charge in [0.1, 0.15) is 17.6 Å². The molecule has 2 N–H and O–H groups in total. The van der Waals surface area contributed by atoms with Crippen molar-refractivity contribution in [3.63, 3.8) is 0 Å². The van der Waals surface area contributed by atoms with Crippen molar-refractivity contribution >= 4 is 24.3 Å². The highest BCUT2D eigenvalue weighted by Gasteiger charge is 2.31. The second-order valence-corrected chi connectivity index (χ2v) is 9.81. The van der Waals surface area contributed by atoms with Crippen molar-refractivity contribution in [3.05, 3.63) is 42.0 Å². The molecule has 9 nitrogen and oxygen atoms in total. The molecule has 0 bridgehead atoms. The Morgan fingerprint density at radius 1 is 1.31 bits per heavy atom. The van der Waals surface area contributed by atoms with E-state index in [2.05, 4.69) is 17.2 Å². The quantitative estimate of drug-likeness (QED) is 0.117. The lowest BCUT2D eigenvalue weighted by atomic mass is 9.87. The van der Waals surface area contributed by atoms with Crippen LogP contribution in [0.2, 0.25) is 0 Å². The van der Waals surface area contributed by atoms with Crippen LogP contribution in [-0.4, -0.2) is 49.2 Å². The van der Waals surface area contributed by atoms with E-state index >= 15 is 0 Å². The van der Waals surface area contributed by atoms with Crippen LogP contribution in [0.15, 0.2) is 35.8 Å². The number of carbonyl (C=O) groups excluding carboxylic acids is 3. The molecular weight excluding hydrogens is 462 g/mol. The van der Waals surface area contributed by atoms with Crippen LogP contribution in [0.5, 0.6) is 5.75 Å². The third kappa shape index (κ3) is 8.39. The summed E-state index contributed by atoms with van der Waals surface area (Å²) in [6, 6.07) is 4.65. The lowest BCUT2D eigenvalue weighted by molar-refractivity contribution is -0.109. The van der Waals surface area contributed by atoms with Crippen LogP contribution in [0.25, 0.3) is 0 Å². The van der Waals surface area contributed by atoms with E-state index < -0.39 is 29.2 Å². The molecule has 0 aliphatic carbocycles. The molecule has 0 saturated heterocycles.